The summed E-state index contributed by atoms with van der Waals surface area (Å²) in [5, 5.41) is 10.4. The molecule has 0 fully saturated rings. The van der Waals surface area contributed by atoms with E-state index in [1.807, 2.05) is 24.3 Å². The van der Waals surface area contributed by atoms with E-state index >= 15 is 0 Å². The van der Waals surface area contributed by atoms with Crippen molar-refractivity contribution in [1.82, 2.24) is 10.2 Å². The van der Waals surface area contributed by atoms with E-state index in [1.165, 1.54) is 0 Å². The normalized spacial score (nSPS) is 12.2. The molecule has 1 atom stereocenters. The van der Waals surface area contributed by atoms with Gasteiger partial charge in [-0.1, -0.05) is 23.3 Å². The topological polar surface area (TPSA) is 60.2 Å². The van der Waals surface area contributed by atoms with Crippen molar-refractivity contribution in [2.75, 3.05) is 12.4 Å². The van der Waals surface area contributed by atoms with E-state index in [0.717, 1.165) is 11.3 Å². The number of halogens is 1. The van der Waals surface area contributed by atoms with Gasteiger partial charge in [0.2, 0.25) is 5.89 Å². The van der Waals surface area contributed by atoms with E-state index in [2.05, 4.69) is 15.5 Å². The number of para-hydroxylation sites is 1. The maximum Gasteiger partial charge on any atom is 0.315 e. The number of anilines is 1. The Kier molecular flexibility index (Phi) is 4.04. The summed E-state index contributed by atoms with van der Waals surface area (Å²) in [7, 11) is 1.64. The number of aromatic nitrogens is 2. The summed E-state index contributed by atoms with van der Waals surface area (Å²) in [5.74, 6) is 1.22. The molecule has 1 N–H and O–H groups in total. The van der Waals surface area contributed by atoms with Gasteiger partial charge in [-0.2, -0.15) is 0 Å². The van der Waals surface area contributed by atoms with Gasteiger partial charge in [-0.15, -0.1) is 16.7 Å². The van der Waals surface area contributed by atoms with Crippen molar-refractivity contribution in [3.8, 4) is 5.75 Å². The van der Waals surface area contributed by atoms with Crippen molar-refractivity contribution in [3.63, 3.8) is 0 Å². The largest absolute Gasteiger partial charge is 0.496 e. The van der Waals surface area contributed by atoms with Crippen LogP contribution in [0.4, 0.5) is 6.01 Å². The van der Waals surface area contributed by atoms with Gasteiger partial charge in [-0.05, 0) is 13.0 Å². The fourth-order valence-corrected chi connectivity index (χ4v) is 1.57. The molecule has 2 rings (SSSR count). The van der Waals surface area contributed by atoms with Crippen LogP contribution in [0.15, 0.2) is 28.7 Å². The van der Waals surface area contributed by atoms with Crippen LogP contribution >= 0.6 is 11.6 Å². The highest BCUT2D eigenvalue weighted by Crippen LogP contribution is 2.21. The number of nitrogens with zero attached hydrogens (tertiary/aromatic N) is 2. The Hall–Kier alpha value is -1.75. The molecule has 1 aromatic heterocycles. The Bertz CT molecular complexity index is 514. The standard InChI is InChI=1S/C12H14ClN3O2/c1-8(13)11-15-16-12(18-11)14-7-9-5-3-4-6-10(9)17-2/h3-6,8H,7H2,1-2H3,(H,14,16). The molecule has 0 saturated carbocycles. The Morgan fingerprint density at radius 1 is 1.39 bits per heavy atom. The zero-order valence-electron chi connectivity index (χ0n) is 10.2. The first-order valence-electron chi connectivity index (χ1n) is 5.54. The van der Waals surface area contributed by atoms with Gasteiger partial charge >= 0.3 is 6.01 Å². The third kappa shape index (κ3) is 2.92. The van der Waals surface area contributed by atoms with E-state index in [-0.39, 0.29) is 5.38 Å². The van der Waals surface area contributed by atoms with Crippen molar-refractivity contribution in [1.29, 1.82) is 0 Å². The second-order valence-electron chi connectivity index (χ2n) is 3.73. The van der Waals surface area contributed by atoms with Crippen LogP contribution in [0.2, 0.25) is 0 Å². The molecule has 0 aliphatic heterocycles. The first kappa shape index (κ1) is 12.7. The molecule has 1 aromatic carbocycles. The average molecular weight is 268 g/mol. The van der Waals surface area contributed by atoms with Crippen molar-refractivity contribution < 1.29 is 9.15 Å². The molecular weight excluding hydrogens is 254 g/mol. The van der Waals surface area contributed by atoms with Gasteiger partial charge in [0.05, 0.1) is 7.11 Å². The second-order valence-corrected chi connectivity index (χ2v) is 4.38. The van der Waals surface area contributed by atoms with Crippen molar-refractivity contribution in [2.24, 2.45) is 0 Å². The van der Waals surface area contributed by atoms with E-state index in [9.17, 15) is 0 Å². The number of hydrogen-bond acceptors (Lipinski definition) is 5. The molecule has 96 valence electrons. The van der Waals surface area contributed by atoms with Gasteiger partial charge in [0.15, 0.2) is 0 Å². The van der Waals surface area contributed by atoms with E-state index in [4.69, 9.17) is 20.8 Å². The lowest BCUT2D eigenvalue weighted by Gasteiger charge is -2.07. The molecule has 0 aliphatic rings. The lowest BCUT2D eigenvalue weighted by molar-refractivity contribution is 0.410. The fraction of sp³-hybridized carbons (Fsp3) is 0.333. The van der Waals surface area contributed by atoms with Crippen LogP contribution in [0.25, 0.3) is 0 Å². The molecule has 0 radical (unpaired) electrons. The Morgan fingerprint density at radius 3 is 2.83 bits per heavy atom. The summed E-state index contributed by atoms with van der Waals surface area (Å²) in [4.78, 5) is 0. The number of nitrogens with one attached hydrogen (secondary N) is 1. The molecule has 0 bridgehead atoms. The quantitative estimate of drug-likeness (QED) is 0.844. The van der Waals surface area contributed by atoms with Gasteiger partial charge in [-0.3, -0.25) is 0 Å². The van der Waals surface area contributed by atoms with Gasteiger partial charge in [-0.25, -0.2) is 0 Å². The van der Waals surface area contributed by atoms with Crippen LogP contribution in [-0.2, 0) is 6.54 Å². The first-order valence-corrected chi connectivity index (χ1v) is 5.97. The maximum atomic E-state index is 5.84. The molecule has 6 heteroatoms. The lowest BCUT2D eigenvalue weighted by atomic mass is 10.2. The molecular formula is C12H14ClN3O2. The number of alkyl halides is 1. The van der Waals surface area contributed by atoms with E-state index < -0.39 is 0 Å². The Labute approximate surface area is 110 Å². The van der Waals surface area contributed by atoms with Crippen LogP contribution in [0.1, 0.15) is 23.8 Å². The van der Waals surface area contributed by atoms with Gasteiger partial charge in [0.1, 0.15) is 11.1 Å². The lowest BCUT2D eigenvalue weighted by Crippen LogP contribution is -2.01. The smallest absolute Gasteiger partial charge is 0.315 e. The van der Waals surface area contributed by atoms with Gasteiger partial charge < -0.3 is 14.5 Å². The first-order chi connectivity index (χ1) is 8.70. The van der Waals surface area contributed by atoms with Crippen molar-refractivity contribution >= 4 is 17.6 Å². The molecule has 0 amide bonds. The van der Waals surface area contributed by atoms with Crippen LogP contribution in [0.3, 0.4) is 0 Å². The van der Waals surface area contributed by atoms with Gasteiger partial charge in [0.25, 0.3) is 0 Å². The SMILES string of the molecule is COc1ccccc1CNc1nnc(C(C)Cl)o1. The highest BCUT2D eigenvalue weighted by Gasteiger charge is 2.11. The number of ether oxygens (including phenoxy) is 1. The summed E-state index contributed by atoms with van der Waals surface area (Å²) in [5.41, 5.74) is 1.01. The Morgan fingerprint density at radius 2 is 2.17 bits per heavy atom. The summed E-state index contributed by atoms with van der Waals surface area (Å²) in [6, 6.07) is 8.08. The number of hydrogen-bond donors (Lipinski definition) is 1. The minimum absolute atomic E-state index is 0.292. The van der Waals surface area contributed by atoms with Crippen LogP contribution in [0, 0.1) is 0 Å². The fourth-order valence-electron chi connectivity index (χ4n) is 1.49. The van der Waals surface area contributed by atoms with Crippen molar-refractivity contribution in [2.45, 2.75) is 18.8 Å². The van der Waals surface area contributed by atoms with Crippen LogP contribution in [-0.4, -0.2) is 17.3 Å². The van der Waals surface area contributed by atoms with E-state index in [0.29, 0.717) is 18.5 Å². The molecule has 0 spiro atoms. The summed E-state index contributed by atoms with van der Waals surface area (Å²) in [6.45, 7) is 2.32. The average Bonchev–Trinajstić information content (AvgIpc) is 2.85. The molecule has 1 unspecified atom stereocenters. The van der Waals surface area contributed by atoms with Crippen LogP contribution < -0.4 is 10.1 Å². The molecule has 2 aromatic rings. The highest BCUT2D eigenvalue weighted by molar-refractivity contribution is 6.20. The molecule has 5 nitrogen and oxygen atoms in total. The summed E-state index contributed by atoms with van der Waals surface area (Å²) >= 11 is 5.84. The molecule has 18 heavy (non-hydrogen) atoms. The zero-order chi connectivity index (χ0) is 13.0. The second kappa shape index (κ2) is 5.73. The third-order valence-electron chi connectivity index (χ3n) is 2.40. The number of benzene rings is 1. The predicted octanol–water partition coefficient (Wildman–Crippen LogP) is 2.99. The molecule has 1 heterocycles. The van der Waals surface area contributed by atoms with Crippen molar-refractivity contribution in [3.05, 3.63) is 35.7 Å². The summed E-state index contributed by atoms with van der Waals surface area (Å²) < 4.78 is 10.6. The third-order valence-corrected chi connectivity index (χ3v) is 2.59. The predicted molar refractivity (Wildman–Crippen MR) is 68.9 cm³/mol. The van der Waals surface area contributed by atoms with Crippen LogP contribution in [0.5, 0.6) is 5.75 Å². The zero-order valence-corrected chi connectivity index (χ0v) is 10.9. The Balaban J connectivity index is 2.02. The number of rotatable bonds is 5. The minimum atomic E-state index is -0.292. The monoisotopic (exact) mass is 267 g/mol. The molecule has 0 aliphatic carbocycles. The van der Waals surface area contributed by atoms with Gasteiger partial charge in [0, 0.05) is 12.1 Å². The summed E-state index contributed by atoms with van der Waals surface area (Å²) in [6.07, 6.45) is 0. The minimum Gasteiger partial charge on any atom is -0.496 e. The highest BCUT2D eigenvalue weighted by atomic mass is 35.5. The molecule has 0 saturated heterocycles. The number of methoxy groups -OCH3 is 1. The maximum absolute atomic E-state index is 5.84. The van der Waals surface area contributed by atoms with E-state index in [1.54, 1.807) is 14.0 Å².